The molecule has 0 N–H and O–H groups in total. The van der Waals surface area contributed by atoms with Crippen molar-refractivity contribution in [1.29, 1.82) is 0 Å². The Kier molecular flexibility index (Phi) is 6.80. The van der Waals surface area contributed by atoms with Gasteiger partial charge in [-0.15, -0.1) is 0 Å². The smallest absolute Gasteiger partial charge is 0.229 e. The summed E-state index contributed by atoms with van der Waals surface area (Å²) < 4.78 is 39.5. The predicted molar refractivity (Wildman–Crippen MR) is 127 cm³/mol. The lowest BCUT2D eigenvalue weighted by molar-refractivity contribution is -0.118. The fourth-order valence-corrected chi connectivity index (χ4v) is 5.66. The molecular formula is C24H22FN3O3S2. The molecule has 9 heteroatoms. The zero-order valence-electron chi connectivity index (χ0n) is 17.9. The molecule has 170 valence electrons. The number of aryl methyl sites for hydroxylation is 1. The Hall–Kier alpha value is -3.17. The van der Waals surface area contributed by atoms with Crippen LogP contribution in [0.4, 0.5) is 9.52 Å². The predicted octanol–water partition coefficient (Wildman–Crippen LogP) is 4.93. The highest BCUT2D eigenvalue weighted by Crippen LogP contribution is 2.31. The number of carbonyl (C=O) groups excluding carboxylic acids is 1. The Bertz CT molecular complexity index is 1370. The van der Waals surface area contributed by atoms with Gasteiger partial charge in [0.1, 0.15) is 5.82 Å². The summed E-state index contributed by atoms with van der Waals surface area (Å²) in [5.74, 6) is -0.743. The third kappa shape index (κ3) is 5.61. The molecule has 0 aliphatic heterocycles. The summed E-state index contributed by atoms with van der Waals surface area (Å²) in [5.41, 5.74) is 2.44. The van der Waals surface area contributed by atoms with Gasteiger partial charge in [-0.05, 0) is 61.4 Å². The first kappa shape index (κ1) is 23.0. The average Bonchev–Trinajstić information content (AvgIpc) is 3.21. The van der Waals surface area contributed by atoms with Crippen LogP contribution in [0.15, 0.2) is 71.9 Å². The van der Waals surface area contributed by atoms with E-state index in [0.29, 0.717) is 15.3 Å². The van der Waals surface area contributed by atoms with Gasteiger partial charge in [0.2, 0.25) is 5.91 Å². The van der Waals surface area contributed by atoms with Crippen LogP contribution in [-0.4, -0.2) is 30.0 Å². The molecule has 0 atom stereocenters. The normalized spacial score (nSPS) is 11.6. The van der Waals surface area contributed by atoms with E-state index in [9.17, 15) is 17.6 Å². The van der Waals surface area contributed by atoms with Crippen molar-refractivity contribution in [2.45, 2.75) is 31.2 Å². The van der Waals surface area contributed by atoms with Gasteiger partial charge in [0.15, 0.2) is 15.0 Å². The number of carbonyl (C=O) groups is 1. The van der Waals surface area contributed by atoms with E-state index >= 15 is 0 Å². The molecule has 0 saturated heterocycles. The molecule has 0 radical (unpaired) electrons. The molecule has 0 spiro atoms. The monoisotopic (exact) mass is 483 g/mol. The summed E-state index contributed by atoms with van der Waals surface area (Å²) in [5, 5.41) is 0.443. The second-order valence-corrected chi connectivity index (χ2v) is 10.8. The number of nitrogens with zero attached hydrogens (tertiary/aromatic N) is 3. The number of benzene rings is 2. The number of rotatable bonds is 8. The molecule has 0 bridgehead atoms. The number of hydrogen-bond acceptors (Lipinski definition) is 6. The first-order valence-corrected chi connectivity index (χ1v) is 12.8. The van der Waals surface area contributed by atoms with Crippen molar-refractivity contribution in [2.75, 3.05) is 10.7 Å². The fourth-order valence-electron chi connectivity index (χ4n) is 3.35. The molecule has 6 nitrogen and oxygen atoms in total. The van der Waals surface area contributed by atoms with Gasteiger partial charge in [0.25, 0.3) is 0 Å². The minimum Gasteiger partial charge on any atom is -0.284 e. The molecule has 2 aromatic carbocycles. The Labute approximate surface area is 195 Å². The molecule has 1 amide bonds. The van der Waals surface area contributed by atoms with Crippen molar-refractivity contribution in [3.8, 4) is 0 Å². The second-order valence-electron chi connectivity index (χ2n) is 7.68. The highest BCUT2D eigenvalue weighted by atomic mass is 32.2. The maximum absolute atomic E-state index is 13.6. The lowest BCUT2D eigenvalue weighted by atomic mass is 10.2. The van der Waals surface area contributed by atoms with Crippen LogP contribution < -0.4 is 4.90 Å². The third-order valence-corrected chi connectivity index (χ3v) is 8.00. The van der Waals surface area contributed by atoms with E-state index in [2.05, 4.69) is 9.97 Å². The standard InChI is InChI=1S/C24H22FN3O3S2/c1-17-4-7-20(8-5-17)33(30,31)14-2-3-23(29)28(16-18-10-12-26-13-11-18)24-27-21-9-6-19(25)15-22(21)32-24/h4-13,15H,2-3,14,16H2,1H3. The van der Waals surface area contributed by atoms with Crippen LogP contribution in [0.2, 0.25) is 0 Å². The molecule has 4 rings (SSSR count). The molecule has 0 aliphatic carbocycles. The topological polar surface area (TPSA) is 80.2 Å². The van der Waals surface area contributed by atoms with Gasteiger partial charge in [-0.1, -0.05) is 29.0 Å². The zero-order valence-corrected chi connectivity index (χ0v) is 19.6. The quantitative estimate of drug-likeness (QED) is 0.355. The highest BCUT2D eigenvalue weighted by molar-refractivity contribution is 7.91. The summed E-state index contributed by atoms with van der Waals surface area (Å²) >= 11 is 1.22. The van der Waals surface area contributed by atoms with Crippen molar-refractivity contribution in [3.05, 3.63) is 83.9 Å². The molecular weight excluding hydrogens is 461 g/mol. The maximum Gasteiger partial charge on any atom is 0.229 e. The molecule has 33 heavy (non-hydrogen) atoms. The largest absolute Gasteiger partial charge is 0.284 e. The Balaban J connectivity index is 1.52. The van der Waals surface area contributed by atoms with Crippen molar-refractivity contribution in [1.82, 2.24) is 9.97 Å². The van der Waals surface area contributed by atoms with Gasteiger partial charge in [0, 0.05) is 18.8 Å². The van der Waals surface area contributed by atoms with E-state index in [0.717, 1.165) is 11.1 Å². The van der Waals surface area contributed by atoms with Gasteiger partial charge in [-0.2, -0.15) is 0 Å². The van der Waals surface area contributed by atoms with E-state index in [1.807, 2.05) is 6.92 Å². The highest BCUT2D eigenvalue weighted by Gasteiger charge is 2.22. The fraction of sp³-hybridized carbons (Fsp3) is 0.208. The van der Waals surface area contributed by atoms with Crippen molar-refractivity contribution < 1.29 is 17.6 Å². The van der Waals surface area contributed by atoms with Crippen LogP contribution in [0.25, 0.3) is 10.2 Å². The minimum atomic E-state index is -3.48. The van der Waals surface area contributed by atoms with Gasteiger partial charge in [-0.25, -0.2) is 17.8 Å². The van der Waals surface area contributed by atoms with Crippen LogP contribution in [0.1, 0.15) is 24.0 Å². The Morgan fingerprint density at radius 3 is 2.52 bits per heavy atom. The summed E-state index contributed by atoms with van der Waals surface area (Å²) in [7, 11) is -3.48. The van der Waals surface area contributed by atoms with E-state index in [1.165, 1.54) is 28.4 Å². The van der Waals surface area contributed by atoms with E-state index in [1.54, 1.807) is 54.9 Å². The number of thiazole rings is 1. The van der Waals surface area contributed by atoms with Gasteiger partial charge in [0.05, 0.1) is 27.4 Å². The number of anilines is 1. The van der Waals surface area contributed by atoms with Crippen LogP contribution in [0.5, 0.6) is 0 Å². The number of amides is 1. The molecule has 0 fully saturated rings. The van der Waals surface area contributed by atoms with Crippen molar-refractivity contribution in [2.24, 2.45) is 0 Å². The average molecular weight is 484 g/mol. The molecule has 0 saturated carbocycles. The first-order chi connectivity index (χ1) is 15.8. The van der Waals surface area contributed by atoms with E-state index in [-0.39, 0.29) is 41.8 Å². The summed E-state index contributed by atoms with van der Waals surface area (Å²) in [6.45, 7) is 2.15. The number of halogens is 1. The zero-order chi connectivity index (χ0) is 23.4. The molecule has 2 heterocycles. The maximum atomic E-state index is 13.6. The number of sulfone groups is 1. The molecule has 0 aliphatic rings. The van der Waals surface area contributed by atoms with Crippen molar-refractivity contribution >= 4 is 42.4 Å². The number of pyridine rings is 1. The van der Waals surface area contributed by atoms with E-state index in [4.69, 9.17) is 0 Å². The van der Waals surface area contributed by atoms with Gasteiger partial charge in [-0.3, -0.25) is 14.7 Å². The molecule has 0 unspecified atom stereocenters. The number of hydrogen-bond donors (Lipinski definition) is 0. The van der Waals surface area contributed by atoms with Crippen molar-refractivity contribution in [3.63, 3.8) is 0 Å². The third-order valence-electron chi connectivity index (χ3n) is 5.15. The SMILES string of the molecule is Cc1ccc(S(=O)(=O)CCCC(=O)N(Cc2ccncc2)c2nc3ccc(F)cc3s2)cc1. The van der Waals surface area contributed by atoms with Crippen LogP contribution >= 0.6 is 11.3 Å². The summed E-state index contributed by atoms with van der Waals surface area (Å²) in [6.07, 6.45) is 3.50. The summed E-state index contributed by atoms with van der Waals surface area (Å²) in [4.78, 5) is 23.5. The summed E-state index contributed by atoms with van der Waals surface area (Å²) in [6, 6.07) is 14.6. The number of aromatic nitrogens is 2. The molecule has 4 aromatic rings. The van der Waals surface area contributed by atoms with Crippen LogP contribution in [-0.2, 0) is 21.2 Å². The Morgan fingerprint density at radius 1 is 1.06 bits per heavy atom. The van der Waals surface area contributed by atoms with Gasteiger partial charge >= 0.3 is 0 Å². The molecule has 2 aromatic heterocycles. The second kappa shape index (κ2) is 9.76. The lowest BCUT2D eigenvalue weighted by Crippen LogP contribution is -2.30. The van der Waals surface area contributed by atoms with Crippen LogP contribution in [0, 0.1) is 12.7 Å². The lowest BCUT2D eigenvalue weighted by Gasteiger charge is -2.20. The van der Waals surface area contributed by atoms with Crippen LogP contribution in [0.3, 0.4) is 0 Å². The minimum absolute atomic E-state index is 0.0421. The Morgan fingerprint density at radius 2 is 1.79 bits per heavy atom. The first-order valence-electron chi connectivity index (χ1n) is 10.4. The van der Waals surface area contributed by atoms with E-state index < -0.39 is 9.84 Å². The number of fused-ring (bicyclic) bond motifs is 1. The van der Waals surface area contributed by atoms with Gasteiger partial charge < -0.3 is 0 Å².